The maximum Gasteiger partial charge on any atom is 0.263 e. The van der Waals surface area contributed by atoms with Gasteiger partial charge in [0, 0.05) is 21.3 Å². The molecule has 35 heavy (non-hydrogen) atoms. The molecule has 4 aromatic rings. The first-order valence-corrected chi connectivity index (χ1v) is 12.4. The van der Waals surface area contributed by atoms with E-state index in [4.69, 9.17) is 4.42 Å². The topological polar surface area (TPSA) is 33.5 Å². The molecule has 0 radical (unpaired) electrons. The highest BCUT2D eigenvalue weighted by Crippen LogP contribution is 2.36. The third kappa shape index (κ3) is 4.80. The van der Waals surface area contributed by atoms with E-state index in [0.717, 1.165) is 32.7 Å². The second-order valence-electron chi connectivity index (χ2n) is 9.64. The molecule has 5 rings (SSSR count). The van der Waals surface area contributed by atoms with E-state index in [1.165, 1.54) is 5.56 Å². The van der Waals surface area contributed by atoms with Gasteiger partial charge in [-0.25, -0.2) is 0 Å². The molecule has 2 heterocycles. The van der Waals surface area contributed by atoms with Gasteiger partial charge in [0.1, 0.15) is 11.5 Å². The van der Waals surface area contributed by atoms with Crippen LogP contribution in [0.25, 0.3) is 23.1 Å². The molecule has 0 bridgehead atoms. The van der Waals surface area contributed by atoms with E-state index in [0.29, 0.717) is 11.3 Å². The predicted molar refractivity (Wildman–Crippen MR) is 147 cm³/mol. The van der Waals surface area contributed by atoms with Crippen molar-refractivity contribution in [2.75, 3.05) is 4.90 Å². The van der Waals surface area contributed by atoms with Crippen LogP contribution in [0.3, 0.4) is 0 Å². The van der Waals surface area contributed by atoms with Crippen molar-refractivity contribution < 1.29 is 9.21 Å². The van der Waals surface area contributed by atoms with Crippen LogP contribution < -0.4 is 4.90 Å². The van der Waals surface area contributed by atoms with Gasteiger partial charge in [-0.05, 0) is 65.1 Å². The highest BCUT2D eigenvalue weighted by atomic mass is 79.9. The molecule has 0 aliphatic carbocycles. The van der Waals surface area contributed by atoms with Crippen molar-refractivity contribution in [2.45, 2.75) is 26.2 Å². The van der Waals surface area contributed by atoms with Crippen LogP contribution in [-0.2, 0) is 10.2 Å². The van der Waals surface area contributed by atoms with Gasteiger partial charge in [0.15, 0.2) is 0 Å². The number of halogens is 1. The van der Waals surface area contributed by atoms with Crippen molar-refractivity contribution in [3.8, 4) is 11.3 Å². The summed E-state index contributed by atoms with van der Waals surface area (Å²) in [6.45, 7) is 6.56. The first-order valence-electron chi connectivity index (χ1n) is 11.6. The van der Waals surface area contributed by atoms with Gasteiger partial charge in [-0.2, -0.15) is 0 Å². The van der Waals surface area contributed by atoms with Crippen LogP contribution in [0.4, 0.5) is 5.69 Å². The van der Waals surface area contributed by atoms with Crippen LogP contribution in [-0.4, -0.2) is 5.91 Å². The number of benzene rings is 3. The number of carbonyl (C=O) groups is 1. The van der Waals surface area contributed by atoms with E-state index in [1.54, 1.807) is 4.90 Å². The zero-order chi connectivity index (χ0) is 24.6. The molecule has 4 heteroatoms. The second-order valence-corrected chi connectivity index (χ2v) is 10.6. The number of carbonyl (C=O) groups excluding carboxylic acids is 1. The van der Waals surface area contributed by atoms with Gasteiger partial charge in [-0.15, -0.1) is 0 Å². The van der Waals surface area contributed by atoms with Crippen molar-refractivity contribution in [3.05, 3.63) is 124 Å². The van der Waals surface area contributed by atoms with Gasteiger partial charge in [0.05, 0.1) is 5.70 Å². The van der Waals surface area contributed by atoms with Gasteiger partial charge in [0.2, 0.25) is 0 Å². The van der Waals surface area contributed by atoms with Gasteiger partial charge in [-0.1, -0.05) is 91.3 Å². The van der Waals surface area contributed by atoms with E-state index >= 15 is 0 Å². The molecular formula is C31H26BrNO2. The standard InChI is InChI=1S/C31H26BrNO2/c1-31(2,3)24-11-15-26(16-12-24)33-28(21-7-5-4-6-8-21)20-23(30(33)34)19-27-17-18-29(35-27)22-9-13-25(32)14-10-22/h4-20H,1-3H3. The zero-order valence-electron chi connectivity index (χ0n) is 20.0. The Morgan fingerprint density at radius 1 is 0.800 bits per heavy atom. The van der Waals surface area contributed by atoms with Crippen molar-refractivity contribution in [1.29, 1.82) is 0 Å². The Hall–Kier alpha value is -3.63. The molecule has 3 nitrogen and oxygen atoms in total. The lowest BCUT2D eigenvalue weighted by Gasteiger charge is -2.23. The molecule has 174 valence electrons. The van der Waals surface area contributed by atoms with E-state index in [9.17, 15) is 4.79 Å². The zero-order valence-corrected chi connectivity index (χ0v) is 21.5. The molecule has 0 atom stereocenters. The third-order valence-corrected chi connectivity index (χ3v) is 6.63. The van der Waals surface area contributed by atoms with Crippen LogP contribution in [0.5, 0.6) is 0 Å². The fourth-order valence-corrected chi connectivity index (χ4v) is 4.42. The van der Waals surface area contributed by atoms with E-state index < -0.39 is 0 Å². The maximum absolute atomic E-state index is 13.6. The summed E-state index contributed by atoms with van der Waals surface area (Å²) >= 11 is 3.46. The predicted octanol–water partition coefficient (Wildman–Crippen LogP) is 8.48. The Morgan fingerprint density at radius 3 is 2.14 bits per heavy atom. The lowest BCUT2D eigenvalue weighted by Crippen LogP contribution is -2.25. The Morgan fingerprint density at radius 2 is 1.49 bits per heavy atom. The number of nitrogens with zero attached hydrogens (tertiary/aromatic N) is 1. The minimum absolute atomic E-state index is 0.0442. The highest BCUT2D eigenvalue weighted by Gasteiger charge is 2.31. The van der Waals surface area contributed by atoms with Crippen LogP contribution in [0.1, 0.15) is 37.7 Å². The summed E-state index contributed by atoms with van der Waals surface area (Å²) < 4.78 is 7.08. The molecule has 0 fully saturated rings. The molecule has 0 saturated carbocycles. The number of furan rings is 1. The SMILES string of the molecule is CC(C)(C)c1ccc(N2C(=O)C(=Cc3ccc(-c4ccc(Br)cc4)o3)C=C2c2ccccc2)cc1. The van der Waals surface area contributed by atoms with E-state index in [2.05, 4.69) is 48.8 Å². The second kappa shape index (κ2) is 9.20. The normalized spacial score (nSPS) is 15.1. The molecule has 3 aromatic carbocycles. The molecule has 1 aliphatic rings. The van der Waals surface area contributed by atoms with E-state index in [1.807, 2.05) is 91.0 Å². The Balaban J connectivity index is 1.52. The number of hydrogen-bond acceptors (Lipinski definition) is 2. The lowest BCUT2D eigenvalue weighted by atomic mass is 9.87. The van der Waals surface area contributed by atoms with Crippen LogP contribution in [0, 0.1) is 0 Å². The van der Waals surface area contributed by atoms with Gasteiger partial charge in [0.25, 0.3) is 5.91 Å². The average Bonchev–Trinajstić information content (AvgIpc) is 3.45. The summed E-state index contributed by atoms with van der Waals surface area (Å²) in [5.41, 5.74) is 5.52. The quantitative estimate of drug-likeness (QED) is 0.251. The number of rotatable bonds is 4. The van der Waals surface area contributed by atoms with E-state index in [-0.39, 0.29) is 11.3 Å². The van der Waals surface area contributed by atoms with Crippen molar-refractivity contribution >= 4 is 39.3 Å². The van der Waals surface area contributed by atoms with Crippen LogP contribution in [0.2, 0.25) is 0 Å². The fraction of sp³-hybridized carbons (Fsp3) is 0.129. The summed E-state index contributed by atoms with van der Waals surface area (Å²) in [6.07, 6.45) is 3.76. The minimum Gasteiger partial charge on any atom is -0.457 e. The molecule has 1 amide bonds. The summed E-state index contributed by atoms with van der Waals surface area (Å²) in [4.78, 5) is 15.4. The van der Waals surface area contributed by atoms with Crippen LogP contribution in [0.15, 0.2) is 112 Å². The Bertz CT molecular complexity index is 1420. The summed E-state index contributed by atoms with van der Waals surface area (Å²) in [7, 11) is 0. The van der Waals surface area contributed by atoms with Crippen molar-refractivity contribution in [3.63, 3.8) is 0 Å². The smallest absolute Gasteiger partial charge is 0.263 e. The molecule has 1 aliphatic heterocycles. The fourth-order valence-electron chi connectivity index (χ4n) is 4.16. The molecule has 0 saturated heterocycles. The van der Waals surface area contributed by atoms with Crippen LogP contribution >= 0.6 is 15.9 Å². The monoisotopic (exact) mass is 523 g/mol. The molecule has 0 N–H and O–H groups in total. The number of hydrogen-bond donors (Lipinski definition) is 0. The maximum atomic E-state index is 13.6. The summed E-state index contributed by atoms with van der Waals surface area (Å²) in [5, 5.41) is 0. The summed E-state index contributed by atoms with van der Waals surface area (Å²) in [5.74, 6) is 1.32. The Labute approximate surface area is 214 Å². The summed E-state index contributed by atoms with van der Waals surface area (Å²) in [6, 6.07) is 30.0. The Kier molecular flexibility index (Phi) is 6.08. The van der Waals surface area contributed by atoms with Gasteiger partial charge in [-0.3, -0.25) is 9.69 Å². The van der Waals surface area contributed by atoms with Crippen molar-refractivity contribution in [2.24, 2.45) is 0 Å². The minimum atomic E-state index is -0.0750. The van der Waals surface area contributed by atoms with Gasteiger partial charge < -0.3 is 4.42 Å². The largest absolute Gasteiger partial charge is 0.457 e. The number of anilines is 1. The third-order valence-electron chi connectivity index (χ3n) is 6.10. The molecular weight excluding hydrogens is 498 g/mol. The first kappa shape index (κ1) is 23.1. The first-order chi connectivity index (χ1) is 16.8. The highest BCUT2D eigenvalue weighted by molar-refractivity contribution is 9.10. The molecule has 0 unspecified atom stereocenters. The molecule has 0 spiro atoms. The lowest BCUT2D eigenvalue weighted by molar-refractivity contribution is -0.113. The number of amides is 1. The van der Waals surface area contributed by atoms with Crippen molar-refractivity contribution in [1.82, 2.24) is 0 Å². The average molecular weight is 524 g/mol. The van der Waals surface area contributed by atoms with Gasteiger partial charge >= 0.3 is 0 Å². The molecule has 1 aromatic heterocycles.